The van der Waals surface area contributed by atoms with E-state index in [1.165, 1.54) is 0 Å². The zero-order chi connectivity index (χ0) is 18.9. The lowest BCUT2D eigenvalue weighted by atomic mass is 10.2. The van der Waals surface area contributed by atoms with Crippen LogP contribution < -0.4 is 15.5 Å². The van der Waals surface area contributed by atoms with Crippen LogP contribution in [0, 0.1) is 0 Å². The van der Waals surface area contributed by atoms with Crippen LogP contribution in [0.15, 0.2) is 84.2 Å². The second kappa shape index (κ2) is 9.15. The third kappa shape index (κ3) is 5.67. The minimum absolute atomic E-state index is 0.0991. The fourth-order valence-corrected chi connectivity index (χ4v) is 2.32. The van der Waals surface area contributed by atoms with Gasteiger partial charge in [0.2, 0.25) is 0 Å². The second-order valence-electron chi connectivity index (χ2n) is 5.76. The lowest BCUT2D eigenvalue weighted by molar-refractivity contribution is -0.119. The van der Waals surface area contributed by atoms with Gasteiger partial charge in [-0.25, -0.2) is 5.43 Å². The van der Waals surface area contributed by atoms with E-state index in [9.17, 15) is 4.79 Å². The quantitative estimate of drug-likeness (QED) is 0.496. The molecule has 6 nitrogen and oxygen atoms in total. The van der Waals surface area contributed by atoms with E-state index in [0.29, 0.717) is 11.5 Å². The Kier molecular flexibility index (Phi) is 6.14. The number of hydrogen-bond acceptors (Lipinski definition) is 5. The molecule has 0 atom stereocenters. The first-order valence-corrected chi connectivity index (χ1v) is 8.51. The molecule has 2 aromatic carbocycles. The zero-order valence-corrected chi connectivity index (χ0v) is 14.9. The normalized spacial score (nSPS) is 10.9. The summed E-state index contributed by atoms with van der Waals surface area (Å²) in [7, 11) is 0. The van der Waals surface area contributed by atoms with Gasteiger partial charge in [-0.1, -0.05) is 24.3 Å². The smallest absolute Gasteiger partial charge is 0.259 e. The molecule has 27 heavy (non-hydrogen) atoms. The molecule has 0 spiro atoms. The van der Waals surface area contributed by atoms with Crippen LogP contribution in [-0.4, -0.2) is 23.1 Å². The van der Waals surface area contributed by atoms with Gasteiger partial charge in [0.15, 0.2) is 0 Å². The number of para-hydroxylation sites is 1. The van der Waals surface area contributed by atoms with E-state index < -0.39 is 0 Å². The van der Waals surface area contributed by atoms with E-state index >= 15 is 0 Å². The molecule has 2 N–H and O–H groups in total. The molecule has 0 saturated carbocycles. The number of carbonyl (C=O) groups excluding carboxylic acids is 1. The number of nitrogens with zero attached hydrogens (tertiary/aromatic N) is 2. The van der Waals surface area contributed by atoms with Crippen molar-refractivity contribution < 1.29 is 9.53 Å². The summed E-state index contributed by atoms with van der Waals surface area (Å²) in [6, 6.07) is 20.6. The van der Waals surface area contributed by atoms with E-state index in [-0.39, 0.29) is 12.5 Å². The Hall–Kier alpha value is -3.67. The Morgan fingerprint density at radius 3 is 2.52 bits per heavy atom. The van der Waals surface area contributed by atoms with E-state index in [2.05, 4.69) is 20.8 Å². The van der Waals surface area contributed by atoms with Crippen molar-refractivity contribution >= 4 is 17.3 Å². The molecule has 0 aliphatic carbocycles. The SMILES string of the molecule is CC(=NNC(=O)CNc1cccc(Oc2ccccc2)c1)c1ccncc1. The summed E-state index contributed by atoms with van der Waals surface area (Å²) in [6.45, 7) is 1.93. The molecule has 6 heteroatoms. The van der Waals surface area contributed by atoms with Crippen molar-refractivity contribution in [2.75, 3.05) is 11.9 Å². The van der Waals surface area contributed by atoms with Gasteiger partial charge in [0.05, 0.1) is 12.3 Å². The first kappa shape index (κ1) is 18.1. The van der Waals surface area contributed by atoms with Gasteiger partial charge in [-0.3, -0.25) is 9.78 Å². The van der Waals surface area contributed by atoms with Crippen molar-refractivity contribution in [3.05, 3.63) is 84.7 Å². The second-order valence-corrected chi connectivity index (χ2v) is 5.76. The molecule has 0 aliphatic heterocycles. The molecule has 0 aliphatic rings. The third-order valence-electron chi connectivity index (χ3n) is 3.71. The predicted octanol–water partition coefficient (Wildman–Crippen LogP) is 3.83. The monoisotopic (exact) mass is 360 g/mol. The fourth-order valence-electron chi connectivity index (χ4n) is 2.32. The molecule has 0 saturated heterocycles. The standard InChI is InChI=1S/C21H20N4O2/c1-16(17-10-12-22-13-11-17)24-25-21(26)15-23-18-6-5-9-20(14-18)27-19-7-3-2-4-8-19/h2-14,23H,15H2,1H3,(H,25,26). The highest BCUT2D eigenvalue weighted by atomic mass is 16.5. The Morgan fingerprint density at radius 1 is 1.00 bits per heavy atom. The molecular weight excluding hydrogens is 340 g/mol. The molecule has 0 radical (unpaired) electrons. The molecule has 1 amide bonds. The summed E-state index contributed by atoms with van der Waals surface area (Å²) in [6.07, 6.45) is 3.37. The number of hydrogen-bond donors (Lipinski definition) is 2. The van der Waals surface area contributed by atoms with Crippen molar-refractivity contribution in [2.45, 2.75) is 6.92 Å². The number of nitrogens with one attached hydrogen (secondary N) is 2. The van der Waals surface area contributed by atoms with E-state index in [1.54, 1.807) is 12.4 Å². The summed E-state index contributed by atoms with van der Waals surface area (Å²) in [4.78, 5) is 16.0. The van der Waals surface area contributed by atoms with Crippen molar-refractivity contribution in [2.24, 2.45) is 5.10 Å². The average Bonchev–Trinajstić information content (AvgIpc) is 2.72. The lowest BCUT2D eigenvalue weighted by Crippen LogP contribution is -2.26. The largest absolute Gasteiger partial charge is 0.457 e. The third-order valence-corrected chi connectivity index (χ3v) is 3.71. The highest BCUT2D eigenvalue weighted by Gasteiger charge is 2.03. The first-order chi connectivity index (χ1) is 13.2. The maximum absolute atomic E-state index is 12.0. The number of pyridine rings is 1. The molecule has 0 fully saturated rings. The Morgan fingerprint density at radius 2 is 1.74 bits per heavy atom. The van der Waals surface area contributed by atoms with Gasteiger partial charge in [0.25, 0.3) is 5.91 Å². The van der Waals surface area contributed by atoms with Crippen molar-refractivity contribution in [3.63, 3.8) is 0 Å². The molecule has 0 unspecified atom stereocenters. The van der Waals surface area contributed by atoms with Gasteiger partial charge in [0, 0.05) is 29.7 Å². The summed E-state index contributed by atoms with van der Waals surface area (Å²) >= 11 is 0. The highest BCUT2D eigenvalue weighted by molar-refractivity contribution is 5.99. The maximum atomic E-state index is 12.0. The van der Waals surface area contributed by atoms with Crippen LogP contribution in [-0.2, 0) is 4.79 Å². The van der Waals surface area contributed by atoms with Gasteiger partial charge in [0.1, 0.15) is 11.5 Å². The number of hydrazone groups is 1. The molecule has 3 rings (SSSR count). The van der Waals surface area contributed by atoms with Crippen molar-refractivity contribution in [1.29, 1.82) is 0 Å². The minimum atomic E-state index is -0.238. The summed E-state index contributed by atoms with van der Waals surface area (Å²) in [5.74, 6) is 1.21. The molecule has 1 aromatic heterocycles. The van der Waals surface area contributed by atoms with Crippen LogP contribution in [0.5, 0.6) is 11.5 Å². The Bertz CT molecular complexity index is 912. The number of ether oxygens (including phenoxy) is 1. The van der Waals surface area contributed by atoms with Gasteiger partial charge in [-0.2, -0.15) is 5.10 Å². The van der Waals surface area contributed by atoms with Crippen LogP contribution in [0.4, 0.5) is 5.69 Å². The van der Waals surface area contributed by atoms with Crippen LogP contribution in [0.3, 0.4) is 0 Å². The van der Waals surface area contributed by atoms with E-state index in [0.717, 1.165) is 17.0 Å². The molecule has 136 valence electrons. The van der Waals surface area contributed by atoms with E-state index in [1.807, 2.05) is 73.7 Å². The van der Waals surface area contributed by atoms with Crippen molar-refractivity contribution in [1.82, 2.24) is 10.4 Å². The fraction of sp³-hybridized carbons (Fsp3) is 0.0952. The van der Waals surface area contributed by atoms with Crippen LogP contribution >= 0.6 is 0 Å². The van der Waals surface area contributed by atoms with Crippen LogP contribution in [0.2, 0.25) is 0 Å². The highest BCUT2D eigenvalue weighted by Crippen LogP contribution is 2.23. The number of aromatic nitrogens is 1. The number of amides is 1. The van der Waals surface area contributed by atoms with Gasteiger partial charge in [-0.15, -0.1) is 0 Å². The number of carbonyl (C=O) groups is 1. The topological polar surface area (TPSA) is 75.6 Å². The number of benzene rings is 2. The molecule has 0 bridgehead atoms. The zero-order valence-electron chi connectivity index (χ0n) is 14.9. The number of anilines is 1. The Balaban J connectivity index is 1.52. The number of rotatable bonds is 7. The molecule has 1 heterocycles. The summed E-state index contributed by atoms with van der Waals surface area (Å²) < 4.78 is 5.79. The van der Waals surface area contributed by atoms with Crippen molar-refractivity contribution in [3.8, 4) is 11.5 Å². The maximum Gasteiger partial charge on any atom is 0.259 e. The first-order valence-electron chi connectivity index (χ1n) is 8.51. The Labute approximate surface area is 157 Å². The molecular formula is C21H20N4O2. The summed E-state index contributed by atoms with van der Waals surface area (Å²) in [5, 5.41) is 7.17. The van der Waals surface area contributed by atoms with E-state index in [4.69, 9.17) is 4.74 Å². The lowest BCUT2D eigenvalue weighted by Gasteiger charge is -2.09. The predicted molar refractivity (Wildman–Crippen MR) is 106 cm³/mol. The van der Waals surface area contributed by atoms with Gasteiger partial charge >= 0.3 is 0 Å². The summed E-state index contributed by atoms with van der Waals surface area (Å²) in [5.41, 5.74) is 4.94. The van der Waals surface area contributed by atoms with Crippen LogP contribution in [0.1, 0.15) is 12.5 Å². The minimum Gasteiger partial charge on any atom is -0.457 e. The van der Waals surface area contributed by atoms with Gasteiger partial charge in [-0.05, 0) is 43.3 Å². The van der Waals surface area contributed by atoms with Gasteiger partial charge < -0.3 is 10.1 Å². The average molecular weight is 360 g/mol. The van der Waals surface area contributed by atoms with Crippen LogP contribution in [0.25, 0.3) is 0 Å². The molecule has 3 aromatic rings.